The van der Waals surface area contributed by atoms with Gasteiger partial charge in [-0.05, 0) is 0 Å². The second kappa shape index (κ2) is 3.91. The van der Waals surface area contributed by atoms with Crippen LogP contribution in [-0.4, -0.2) is 57.0 Å². The Balaban J connectivity index is 2.58. The third-order valence-electron chi connectivity index (χ3n) is 2.15. The van der Waals surface area contributed by atoms with E-state index >= 15 is 0 Å². The van der Waals surface area contributed by atoms with Crippen LogP contribution in [-0.2, 0) is 14.8 Å². The standard InChI is InChI=1S/C7H15NO4S/c1-8(2)13(10,11)5-6-3-12-4-7(6)9/h6-7,9H,3-5H2,1-2H3. The van der Waals surface area contributed by atoms with E-state index in [9.17, 15) is 13.5 Å². The predicted octanol–water partition coefficient (Wildman–Crippen LogP) is -1.11. The molecule has 1 aliphatic rings. The molecule has 0 aromatic carbocycles. The number of aliphatic hydroxyl groups excluding tert-OH is 1. The van der Waals surface area contributed by atoms with E-state index in [1.807, 2.05) is 0 Å². The second-order valence-electron chi connectivity index (χ2n) is 3.43. The molecule has 2 atom stereocenters. The monoisotopic (exact) mass is 209 g/mol. The lowest BCUT2D eigenvalue weighted by molar-refractivity contribution is 0.120. The summed E-state index contributed by atoms with van der Waals surface area (Å²) in [5.74, 6) is -0.325. The van der Waals surface area contributed by atoms with E-state index in [1.165, 1.54) is 14.1 Å². The van der Waals surface area contributed by atoms with Crippen LogP contribution in [0.3, 0.4) is 0 Å². The van der Waals surface area contributed by atoms with Crippen molar-refractivity contribution in [3.05, 3.63) is 0 Å². The molecule has 13 heavy (non-hydrogen) atoms. The van der Waals surface area contributed by atoms with Gasteiger partial charge in [0.1, 0.15) is 0 Å². The molecule has 1 N–H and O–H groups in total. The summed E-state index contributed by atoms with van der Waals surface area (Å²) in [5, 5.41) is 9.33. The molecule has 2 unspecified atom stereocenters. The molecule has 0 aliphatic carbocycles. The Bertz CT molecular complexity index is 262. The topological polar surface area (TPSA) is 66.8 Å². The fourth-order valence-corrected chi connectivity index (χ4v) is 2.32. The van der Waals surface area contributed by atoms with Crippen LogP contribution in [0.1, 0.15) is 0 Å². The molecule has 0 amide bonds. The molecule has 1 rings (SSSR count). The maximum absolute atomic E-state index is 11.4. The van der Waals surface area contributed by atoms with Gasteiger partial charge in [0.2, 0.25) is 10.0 Å². The Morgan fingerprint density at radius 2 is 2.08 bits per heavy atom. The molecule has 1 heterocycles. The summed E-state index contributed by atoms with van der Waals surface area (Å²) in [5.41, 5.74) is 0. The fourth-order valence-electron chi connectivity index (χ4n) is 1.17. The molecule has 0 aromatic heterocycles. The minimum absolute atomic E-state index is 0.0405. The van der Waals surface area contributed by atoms with Crippen LogP contribution in [0.2, 0.25) is 0 Å². The van der Waals surface area contributed by atoms with E-state index < -0.39 is 16.1 Å². The van der Waals surface area contributed by atoms with Gasteiger partial charge in [0.25, 0.3) is 0 Å². The lowest BCUT2D eigenvalue weighted by Gasteiger charge is -2.16. The highest BCUT2D eigenvalue weighted by Gasteiger charge is 2.31. The van der Waals surface area contributed by atoms with Gasteiger partial charge < -0.3 is 9.84 Å². The number of nitrogens with zero attached hydrogens (tertiary/aromatic N) is 1. The molecule has 1 fully saturated rings. The van der Waals surface area contributed by atoms with E-state index in [-0.39, 0.29) is 18.3 Å². The molecule has 0 spiro atoms. The van der Waals surface area contributed by atoms with Gasteiger partial charge in [-0.1, -0.05) is 0 Å². The van der Waals surface area contributed by atoms with Gasteiger partial charge in [0, 0.05) is 20.0 Å². The SMILES string of the molecule is CN(C)S(=O)(=O)CC1COCC1O. The number of rotatable bonds is 3. The predicted molar refractivity (Wildman–Crippen MR) is 47.8 cm³/mol. The summed E-state index contributed by atoms with van der Waals surface area (Å²) in [6, 6.07) is 0. The average Bonchev–Trinajstić information content (AvgIpc) is 2.35. The van der Waals surface area contributed by atoms with Crippen LogP contribution < -0.4 is 0 Å². The van der Waals surface area contributed by atoms with Crippen molar-refractivity contribution in [2.75, 3.05) is 33.1 Å². The third kappa shape index (κ3) is 2.63. The summed E-state index contributed by atoms with van der Waals surface area (Å²) >= 11 is 0. The molecule has 0 bridgehead atoms. The lowest BCUT2D eigenvalue weighted by Crippen LogP contribution is -2.33. The highest BCUT2D eigenvalue weighted by Crippen LogP contribution is 2.16. The molecule has 1 aliphatic heterocycles. The Morgan fingerprint density at radius 3 is 2.46 bits per heavy atom. The molecular weight excluding hydrogens is 194 g/mol. The maximum atomic E-state index is 11.4. The molecule has 1 saturated heterocycles. The second-order valence-corrected chi connectivity index (χ2v) is 5.65. The zero-order valence-corrected chi connectivity index (χ0v) is 8.62. The maximum Gasteiger partial charge on any atom is 0.214 e. The van der Waals surface area contributed by atoms with E-state index in [0.29, 0.717) is 6.61 Å². The molecule has 78 valence electrons. The number of aliphatic hydroxyl groups is 1. The smallest absolute Gasteiger partial charge is 0.214 e. The van der Waals surface area contributed by atoms with Crippen molar-refractivity contribution in [1.29, 1.82) is 0 Å². The Morgan fingerprint density at radius 1 is 1.46 bits per heavy atom. The Kier molecular flexibility index (Phi) is 3.28. The molecule has 0 radical (unpaired) electrons. The third-order valence-corrected chi connectivity index (χ3v) is 4.11. The number of sulfonamides is 1. The van der Waals surface area contributed by atoms with Gasteiger partial charge in [-0.2, -0.15) is 0 Å². The van der Waals surface area contributed by atoms with Crippen LogP contribution >= 0.6 is 0 Å². The number of ether oxygens (including phenoxy) is 1. The van der Waals surface area contributed by atoms with Crippen LogP contribution in [0.15, 0.2) is 0 Å². The van der Waals surface area contributed by atoms with Gasteiger partial charge in [-0.25, -0.2) is 12.7 Å². The summed E-state index contributed by atoms with van der Waals surface area (Å²) in [4.78, 5) is 0. The first-order valence-electron chi connectivity index (χ1n) is 4.09. The zero-order chi connectivity index (χ0) is 10.1. The van der Waals surface area contributed by atoms with Gasteiger partial charge in [-0.3, -0.25) is 0 Å². The van der Waals surface area contributed by atoms with E-state index in [0.717, 1.165) is 4.31 Å². The fraction of sp³-hybridized carbons (Fsp3) is 1.00. The van der Waals surface area contributed by atoms with Crippen molar-refractivity contribution >= 4 is 10.0 Å². The van der Waals surface area contributed by atoms with Crippen molar-refractivity contribution in [3.8, 4) is 0 Å². The van der Waals surface area contributed by atoms with E-state index in [4.69, 9.17) is 4.74 Å². The molecular formula is C7H15NO4S. The summed E-state index contributed by atoms with van der Waals surface area (Å²) in [6.07, 6.45) is -0.644. The van der Waals surface area contributed by atoms with Crippen molar-refractivity contribution in [2.45, 2.75) is 6.10 Å². The lowest BCUT2D eigenvalue weighted by atomic mass is 10.1. The van der Waals surface area contributed by atoms with Crippen molar-refractivity contribution in [2.24, 2.45) is 5.92 Å². The highest BCUT2D eigenvalue weighted by molar-refractivity contribution is 7.89. The molecule has 6 heteroatoms. The van der Waals surface area contributed by atoms with Crippen LogP contribution in [0.4, 0.5) is 0 Å². The first-order valence-corrected chi connectivity index (χ1v) is 5.70. The van der Waals surface area contributed by atoms with Gasteiger partial charge in [-0.15, -0.1) is 0 Å². The van der Waals surface area contributed by atoms with Crippen LogP contribution in [0.5, 0.6) is 0 Å². The first-order chi connectivity index (χ1) is 5.93. The quantitative estimate of drug-likeness (QED) is 0.639. The first kappa shape index (κ1) is 10.9. The van der Waals surface area contributed by atoms with E-state index in [2.05, 4.69) is 0 Å². The minimum Gasteiger partial charge on any atom is -0.390 e. The van der Waals surface area contributed by atoms with Crippen molar-refractivity contribution in [1.82, 2.24) is 4.31 Å². The normalized spacial score (nSPS) is 29.8. The molecule has 5 nitrogen and oxygen atoms in total. The average molecular weight is 209 g/mol. The Hall–Kier alpha value is -0.170. The summed E-state index contributed by atoms with van der Waals surface area (Å²) in [6.45, 7) is 0.571. The largest absolute Gasteiger partial charge is 0.390 e. The summed E-state index contributed by atoms with van der Waals surface area (Å²) in [7, 11) is -0.254. The van der Waals surface area contributed by atoms with Crippen molar-refractivity contribution < 1.29 is 18.3 Å². The van der Waals surface area contributed by atoms with Gasteiger partial charge in [0.15, 0.2) is 0 Å². The van der Waals surface area contributed by atoms with E-state index in [1.54, 1.807) is 0 Å². The Labute approximate surface area is 78.4 Å². The van der Waals surface area contributed by atoms with Crippen LogP contribution in [0, 0.1) is 5.92 Å². The van der Waals surface area contributed by atoms with Crippen LogP contribution in [0.25, 0.3) is 0 Å². The summed E-state index contributed by atoms with van der Waals surface area (Å²) < 4.78 is 28.9. The number of hydrogen-bond acceptors (Lipinski definition) is 4. The highest BCUT2D eigenvalue weighted by atomic mass is 32.2. The molecule has 0 aromatic rings. The van der Waals surface area contributed by atoms with Gasteiger partial charge >= 0.3 is 0 Å². The van der Waals surface area contributed by atoms with Crippen molar-refractivity contribution in [3.63, 3.8) is 0 Å². The minimum atomic E-state index is -3.22. The van der Waals surface area contributed by atoms with Gasteiger partial charge in [0.05, 0.1) is 25.1 Å². The zero-order valence-electron chi connectivity index (χ0n) is 7.80. The molecule has 0 saturated carbocycles. The number of hydrogen-bond donors (Lipinski definition) is 1.